The Morgan fingerprint density at radius 3 is 2.50 bits per heavy atom. The van der Waals surface area contributed by atoms with Crippen LogP contribution in [0, 0.1) is 13.8 Å². The van der Waals surface area contributed by atoms with Crippen molar-refractivity contribution in [2.45, 2.75) is 20.0 Å². The van der Waals surface area contributed by atoms with Crippen LogP contribution in [0.15, 0.2) is 12.1 Å². The Balaban J connectivity index is 3.04. The van der Waals surface area contributed by atoms with E-state index >= 15 is 0 Å². The highest BCUT2D eigenvalue weighted by atomic mass is 16.3. The average molecular weight is 195 g/mol. The summed E-state index contributed by atoms with van der Waals surface area (Å²) in [6.45, 7) is 4.27. The van der Waals surface area contributed by atoms with Crippen molar-refractivity contribution in [1.82, 2.24) is 5.32 Å². The van der Waals surface area contributed by atoms with E-state index in [1.807, 2.05) is 13.8 Å². The summed E-state index contributed by atoms with van der Waals surface area (Å²) in [6.07, 6.45) is -0.515. The molecule has 1 unspecified atom stereocenters. The van der Waals surface area contributed by atoms with Crippen LogP contribution in [0.4, 0.5) is 0 Å². The number of aromatic hydroxyl groups is 1. The third-order valence-electron chi connectivity index (χ3n) is 2.56. The number of nitrogens with one attached hydrogen (secondary N) is 1. The fourth-order valence-electron chi connectivity index (χ4n) is 1.49. The van der Waals surface area contributed by atoms with E-state index in [1.54, 1.807) is 19.2 Å². The maximum absolute atomic E-state index is 9.77. The van der Waals surface area contributed by atoms with E-state index in [4.69, 9.17) is 0 Å². The Morgan fingerprint density at radius 1 is 1.29 bits per heavy atom. The average Bonchev–Trinajstić information content (AvgIpc) is 2.15. The number of hydrogen-bond donors (Lipinski definition) is 3. The predicted molar refractivity (Wildman–Crippen MR) is 56.5 cm³/mol. The number of aliphatic hydroxyl groups is 1. The van der Waals surface area contributed by atoms with E-state index in [1.165, 1.54) is 0 Å². The van der Waals surface area contributed by atoms with Crippen molar-refractivity contribution in [1.29, 1.82) is 0 Å². The number of likely N-dealkylation sites (N-methyl/N-ethyl adjacent to an activating group) is 1. The molecule has 0 aromatic heterocycles. The molecule has 1 rings (SSSR count). The molecule has 0 saturated carbocycles. The first-order chi connectivity index (χ1) is 6.57. The summed E-state index contributed by atoms with van der Waals surface area (Å²) < 4.78 is 0. The van der Waals surface area contributed by atoms with Gasteiger partial charge in [0.2, 0.25) is 0 Å². The van der Waals surface area contributed by atoms with Gasteiger partial charge in [-0.3, -0.25) is 0 Å². The molecular weight excluding hydrogens is 178 g/mol. The van der Waals surface area contributed by atoms with Crippen molar-refractivity contribution >= 4 is 0 Å². The fourth-order valence-corrected chi connectivity index (χ4v) is 1.49. The van der Waals surface area contributed by atoms with Crippen LogP contribution in [-0.2, 0) is 0 Å². The Kier molecular flexibility index (Phi) is 3.49. The van der Waals surface area contributed by atoms with Crippen molar-refractivity contribution in [3.63, 3.8) is 0 Å². The second-order valence-electron chi connectivity index (χ2n) is 3.50. The number of phenols is 1. The van der Waals surface area contributed by atoms with Gasteiger partial charge >= 0.3 is 0 Å². The first kappa shape index (κ1) is 11.0. The van der Waals surface area contributed by atoms with Gasteiger partial charge in [0.05, 0.1) is 6.10 Å². The maximum atomic E-state index is 9.77. The van der Waals surface area contributed by atoms with Gasteiger partial charge in [-0.05, 0) is 43.7 Å². The fraction of sp³-hybridized carbons (Fsp3) is 0.455. The molecule has 0 spiro atoms. The van der Waals surface area contributed by atoms with E-state index in [0.29, 0.717) is 6.54 Å². The summed E-state index contributed by atoms with van der Waals surface area (Å²) in [6, 6.07) is 3.39. The van der Waals surface area contributed by atoms with Gasteiger partial charge in [-0.1, -0.05) is 6.07 Å². The van der Waals surface area contributed by atoms with Gasteiger partial charge in [0.25, 0.3) is 0 Å². The molecule has 14 heavy (non-hydrogen) atoms. The molecule has 0 bridgehead atoms. The standard InChI is InChI=1S/C11H17NO2/c1-7-8(2)10(13)5-4-9(7)11(14)6-12-3/h4-5,11-14H,6H2,1-3H3. The van der Waals surface area contributed by atoms with E-state index < -0.39 is 6.10 Å². The number of hydrogen-bond acceptors (Lipinski definition) is 3. The van der Waals surface area contributed by atoms with Crippen molar-refractivity contribution in [3.8, 4) is 5.75 Å². The quantitative estimate of drug-likeness (QED) is 0.680. The number of phenolic OH excluding ortho intramolecular Hbond substituents is 1. The molecule has 0 fully saturated rings. The van der Waals surface area contributed by atoms with Crippen LogP contribution in [0.3, 0.4) is 0 Å². The smallest absolute Gasteiger partial charge is 0.118 e. The minimum Gasteiger partial charge on any atom is -0.508 e. The normalized spacial score (nSPS) is 12.9. The van der Waals surface area contributed by atoms with Crippen molar-refractivity contribution in [3.05, 3.63) is 28.8 Å². The lowest BCUT2D eigenvalue weighted by Crippen LogP contribution is -2.17. The van der Waals surface area contributed by atoms with E-state index in [9.17, 15) is 10.2 Å². The Bertz CT molecular complexity index is 323. The van der Waals surface area contributed by atoms with Crippen LogP contribution < -0.4 is 5.32 Å². The number of rotatable bonds is 3. The Labute approximate surface area is 84.4 Å². The number of benzene rings is 1. The summed E-state index contributed by atoms with van der Waals surface area (Å²) >= 11 is 0. The Hall–Kier alpha value is -1.06. The van der Waals surface area contributed by atoms with Crippen molar-refractivity contribution in [2.24, 2.45) is 0 Å². The molecule has 1 aromatic carbocycles. The highest BCUT2D eigenvalue weighted by molar-refractivity contribution is 5.43. The van der Waals surface area contributed by atoms with Gasteiger partial charge in [0.1, 0.15) is 5.75 Å². The highest BCUT2D eigenvalue weighted by Gasteiger charge is 2.12. The van der Waals surface area contributed by atoms with Gasteiger partial charge in [-0.15, -0.1) is 0 Å². The summed E-state index contributed by atoms with van der Waals surface area (Å²) in [7, 11) is 1.80. The van der Waals surface area contributed by atoms with Crippen LogP contribution in [-0.4, -0.2) is 23.8 Å². The van der Waals surface area contributed by atoms with E-state index in [-0.39, 0.29) is 5.75 Å². The molecule has 0 aliphatic heterocycles. The molecule has 0 radical (unpaired) electrons. The monoisotopic (exact) mass is 195 g/mol. The van der Waals surface area contributed by atoms with Crippen LogP contribution >= 0.6 is 0 Å². The summed E-state index contributed by atoms with van der Waals surface area (Å²) in [5, 5.41) is 22.1. The third-order valence-corrected chi connectivity index (χ3v) is 2.56. The van der Waals surface area contributed by atoms with Gasteiger partial charge < -0.3 is 15.5 Å². The lowest BCUT2D eigenvalue weighted by molar-refractivity contribution is 0.177. The predicted octanol–water partition coefficient (Wildman–Crippen LogP) is 1.26. The second-order valence-corrected chi connectivity index (χ2v) is 3.50. The second kappa shape index (κ2) is 4.44. The molecule has 0 heterocycles. The summed E-state index contributed by atoms with van der Waals surface area (Å²) in [5.74, 6) is 0.280. The van der Waals surface area contributed by atoms with E-state index in [2.05, 4.69) is 5.32 Å². The Morgan fingerprint density at radius 2 is 1.93 bits per heavy atom. The zero-order valence-corrected chi connectivity index (χ0v) is 8.83. The lowest BCUT2D eigenvalue weighted by atomic mass is 9.98. The van der Waals surface area contributed by atoms with Crippen LogP contribution in [0.5, 0.6) is 5.75 Å². The van der Waals surface area contributed by atoms with Crippen molar-refractivity contribution < 1.29 is 10.2 Å². The molecule has 0 aliphatic carbocycles. The molecular formula is C11H17NO2. The maximum Gasteiger partial charge on any atom is 0.118 e. The van der Waals surface area contributed by atoms with Crippen molar-refractivity contribution in [2.75, 3.05) is 13.6 Å². The molecule has 3 nitrogen and oxygen atoms in total. The summed E-state index contributed by atoms with van der Waals surface area (Å²) in [5.41, 5.74) is 2.65. The SMILES string of the molecule is CNCC(O)c1ccc(O)c(C)c1C. The van der Waals surface area contributed by atoms with Gasteiger partial charge in [-0.2, -0.15) is 0 Å². The molecule has 78 valence electrons. The van der Waals surface area contributed by atoms with E-state index in [0.717, 1.165) is 16.7 Å². The lowest BCUT2D eigenvalue weighted by Gasteiger charge is -2.15. The first-order valence-corrected chi connectivity index (χ1v) is 4.69. The zero-order valence-electron chi connectivity index (χ0n) is 8.83. The topological polar surface area (TPSA) is 52.5 Å². The largest absolute Gasteiger partial charge is 0.508 e. The molecule has 0 aliphatic rings. The van der Waals surface area contributed by atoms with Gasteiger partial charge in [-0.25, -0.2) is 0 Å². The molecule has 0 amide bonds. The number of aliphatic hydroxyl groups excluding tert-OH is 1. The van der Waals surface area contributed by atoms with Gasteiger partial charge in [0.15, 0.2) is 0 Å². The van der Waals surface area contributed by atoms with Gasteiger partial charge in [0, 0.05) is 6.54 Å². The van der Waals surface area contributed by atoms with Crippen LogP contribution in [0.25, 0.3) is 0 Å². The molecule has 1 aromatic rings. The zero-order chi connectivity index (χ0) is 10.7. The summed E-state index contributed by atoms with van der Waals surface area (Å²) in [4.78, 5) is 0. The van der Waals surface area contributed by atoms with Crippen LogP contribution in [0.1, 0.15) is 22.8 Å². The third kappa shape index (κ3) is 2.05. The molecule has 3 N–H and O–H groups in total. The molecule has 3 heteroatoms. The molecule has 1 atom stereocenters. The minimum atomic E-state index is -0.515. The first-order valence-electron chi connectivity index (χ1n) is 4.69. The molecule has 0 saturated heterocycles. The highest BCUT2D eigenvalue weighted by Crippen LogP contribution is 2.26. The van der Waals surface area contributed by atoms with Crippen LogP contribution in [0.2, 0.25) is 0 Å². The minimum absolute atomic E-state index is 0.280.